The van der Waals surface area contributed by atoms with E-state index in [0.29, 0.717) is 30.6 Å². The Morgan fingerprint density at radius 3 is 2.55 bits per heavy atom. The Hall–Kier alpha value is -2.45. The molecule has 1 fully saturated rings. The first-order valence-corrected chi connectivity index (χ1v) is 11.2. The predicted octanol–water partition coefficient (Wildman–Crippen LogP) is 2.55. The van der Waals surface area contributed by atoms with Crippen LogP contribution in [0, 0.1) is 5.92 Å². The number of hydrogen-bond acceptors (Lipinski definition) is 5. The van der Waals surface area contributed by atoms with Crippen molar-refractivity contribution in [1.29, 1.82) is 0 Å². The fourth-order valence-electron chi connectivity index (χ4n) is 3.45. The van der Waals surface area contributed by atoms with Crippen molar-refractivity contribution < 1.29 is 17.9 Å². The first kappa shape index (κ1) is 21.3. The van der Waals surface area contributed by atoms with E-state index in [9.17, 15) is 13.2 Å². The molecule has 1 aromatic heterocycles. The van der Waals surface area contributed by atoms with Crippen molar-refractivity contribution >= 4 is 15.9 Å². The number of carbonyl (C=O) groups excluding carboxylic acids is 1. The van der Waals surface area contributed by atoms with Gasteiger partial charge in [-0.25, -0.2) is 8.42 Å². The van der Waals surface area contributed by atoms with Crippen LogP contribution in [0.1, 0.15) is 31.5 Å². The highest BCUT2D eigenvalue weighted by atomic mass is 32.2. The number of benzene rings is 1. The Bertz CT molecular complexity index is 1030. The minimum absolute atomic E-state index is 0.0507. The number of rotatable bonds is 5. The summed E-state index contributed by atoms with van der Waals surface area (Å²) in [5, 5.41) is 0. The van der Waals surface area contributed by atoms with Crippen molar-refractivity contribution in [3.8, 4) is 5.75 Å². The average molecular weight is 418 g/mol. The fraction of sp³-hybridized carbons (Fsp3) is 0.429. The lowest BCUT2D eigenvalue weighted by Crippen LogP contribution is -2.45. The van der Waals surface area contributed by atoms with Crippen LogP contribution >= 0.6 is 0 Å². The van der Waals surface area contributed by atoms with Crippen LogP contribution in [0.25, 0.3) is 0 Å². The maximum atomic E-state index is 13.2. The van der Waals surface area contributed by atoms with E-state index in [0.717, 1.165) is 0 Å². The molecule has 1 atom stereocenters. The molecule has 0 spiro atoms. The molecule has 2 aromatic rings. The smallest absolute Gasteiger partial charge is 0.243 e. The predicted molar refractivity (Wildman–Crippen MR) is 110 cm³/mol. The molecule has 3 rings (SSSR count). The standard InChI is InChI=1S/C21H27N3O4S/c1-16(2)22-20-8-4-5-14-24(20)21(25)17-7-6-13-23(15-17)29(26,27)19-11-9-18(28-3)10-12-19/h4-5,8-12,14,16-17H,6-7,13,15H2,1-3H3. The molecule has 1 aromatic carbocycles. The number of carbonyl (C=O) groups is 1. The lowest BCUT2D eigenvalue weighted by atomic mass is 9.98. The maximum absolute atomic E-state index is 13.2. The lowest BCUT2D eigenvalue weighted by molar-refractivity contribution is 0.0778. The SMILES string of the molecule is COc1ccc(S(=O)(=O)N2CCCC(C(=O)n3ccccc3=NC(C)C)C2)cc1. The summed E-state index contributed by atoms with van der Waals surface area (Å²) in [6.45, 7) is 4.47. The summed E-state index contributed by atoms with van der Waals surface area (Å²) in [6.07, 6.45) is 2.98. The van der Waals surface area contributed by atoms with Crippen LogP contribution in [0.4, 0.5) is 0 Å². The zero-order valence-electron chi connectivity index (χ0n) is 17.0. The summed E-state index contributed by atoms with van der Waals surface area (Å²) < 4.78 is 34.1. The Morgan fingerprint density at radius 1 is 1.17 bits per heavy atom. The minimum Gasteiger partial charge on any atom is -0.497 e. The van der Waals surface area contributed by atoms with Crippen LogP contribution in [-0.2, 0) is 10.0 Å². The third-order valence-electron chi connectivity index (χ3n) is 4.90. The largest absolute Gasteiger partial charge is 0.497 e. The van der Waals surface area contributed by atoms with Crippen LogP contribution in [0.2, 0.25) is 0 Å². The Kier molecular flexibility index (Phi) is 6.54. The van der Waals surface area contributed by atoms with Crippen molar-refractivity contribution in [3.05, 3.63) is 54.1 Å². The number of aromatic nitrogens is 1. The quantitative estimate of drug-likeness (QED) is 0.749. The van der Waals surface area contributed by atoms with E-state index in [1.165, 1.54) is 28.1 Å². The van der Waals surface area contributed by atoms with E-state index in [4.69, 9.17) is 4.74 Å². The zero-order chi connectivity index (χ0) is 21.0. The van der Waals surface area contributed by atoms with Crippen molar-refractivity contribution in [2.75, 3.05) is 20.2 Å². The second-order valence-electron chi connectivity index (χ2n) is 7.37. The molecule has 0 N–H and O–H groups in total. The molecular weight excluding hydrogens is 390 g/mol. The van der Waals surface area contributed by atoms with Crippen LogP contribution < -0.4 is 10.2 Å². The number of pyridine rings is 1. The average Bonchev–Trinajstić information content (AvgIpc) is 2.73. The van der Waals surface area contributed by atoms with Gasteiger partial charge in [0.2, 0.25) is 15.9 Å². The van der Waals surface area contributed by atoms with Gasteiger partial charge in [-0.3, -0.25) is 14.4 Å². The number of sulfonamides is 1. The number of ether oxygens (including phenoxy) is 1. The minimum atomic E-state index is -3.67. The summed E-state index contributed by atoms with van der Waals surface area (Å²) in [7, 11) is -2.14. The second-order valence-corrected chi connectivity index (χ2v) is 9.31. The van der Waals surface area contributed by atoms with E-state index >= 15 is 0 Å². The molecule has 0 aliphatic carbocycles. The Morgan fingerprint density at radius 2 is 1.90 bits per heavy atom. The molecule has 1 unspecified atom stereocenters. The van der Waals surface area contributed by atoms with Gasteiger partial charge >= 0.3 is 0 Å². The highest BCUT2D eigenvalue weighted by molar-refractivity contribution is 7.89. The molecule has 0 amide bonds. The molecule has 0 bridgehead atoms. The normalized spacial score (nSPS) is 18.8. The first-order chi connectivity index (χ1) is 13.8. The molecule has 8 heteroatoms. The summed E-state index contributed by atoms with van der Waals surface area (Å²) in [4.78, 5) is 17.9. The lowest BCUT2D eigenvalue weighted by Gasteiger charge is -2.31. The van der Waals surface area contributed by atoms with E-state index in [2.05, 4.69) is 4.99 Å². The molecule has 1 saturated heterocycles. The second kappa shape index (κ2) is 8.92. The summed E-state index contributed by atoms with van der Waals surface area (Å²) in [5.41, 5.74) is 0.586. The zero-order valence-corrected chi connectivity index (χ0v) is 17.8. The molecule has 1 aliphatic rings. The molecule has 156 valence electrons. The molecule has 0 saturated carbocycles. The van der Waals surface area contributed by atoms with E-state index in [1.807, 2.05) is 19.9 Å². The number of hydrogen-bond donors (Lipinski definition) is 0. The van der Waals surface area contributed by atoms with E-state index in [1.54, 1.807) is 30.5 Å². The topological polar surface area (TPSA) is 81.0 Å². The van der Waals surface area contributed by atoms with E-state index in [-0.39, 0.29) is 23.4 Å². The van der Waals surface area contributed by atoms with Crippen molar-refractivity contribution in [3.63, 3.8) is 0 Å². The monoisotopic (exact) mass is 417 g/mol. The molecule has 29 heavy (non-hydrogen) atoms. The van der Waals surface area contributed by atoms with Gasteiger partial charge < -0.3 is 4.74 Å². The van der Waals surface area contributed by atoms with Gasteiger partial charge in [0.05, 0.1) is 17.9 Å². The third-order valence-corrected chi connectivity index (χ3v) is 6.78. The number of methoxy groups -OCH3 is 1. The number of piperidine rings is 1. The molecule has 7 nitrogen and oxygen atoms in total. The van der Waals surface area contributed by atoms with Gasteiger partial charge in [-0.2, -0.15) is 4.31 Å². The van der Waals surface area contributed by atoms with Crippen LogP contribution in [0.5, 0.6) is 5.75 Å². The third kappa shape index (κ3) is 4.76. The Balaban J connectivity index is 1.85. The van der Waals surface area contributed by atoms with Crippen LogP contribution in [-0.4, -0.2) is 49.4 Å². The molecule has 1 aliphatic heterocycles. The fourth-order valence-corrected chi connectivity index (χ4v) is 4.97. The van der Waals surface area contributed by atoms with Gasteiger partial charge in [-0.15, -0.1) is 0 Å². The molecular formula is C21H27N3O4S. The molecule has 0 radical (unpaired) electrons. The Labute approximate surface area is 171 Å². The summed E-state index contributed by atoms with van der Waals surface area (Å²) in [6, 6.07) is 11.8. The van der Waals surface area contributed by atoms with Gasteiger partial charge in [0.25, 0.3) is 0 Å². The van der Waals surface area contributed by atoms with Crippen molar-refractivity contribution in [2.24, 2.45) is 10.9 Å². The van der Waals surface area contributed by atoms with Crippen LogP contribution in [0.15, 0.2) is 58.5 Å². The van der Waals surface area contributed by atoms with Gasteiger partial charge in [-0.1, -0.05) is 6.07 Å². The summed E-state index contributed by atoms with van der Waals surface area (Å²) >= 11 is 0. The van der Waals surface area contributed by atoms with Crippen LogP contribution in [0.3, 0.4) is 0 Å². The van der Waals surface area contributed by atoms with Gasteiger partial charge in [0.15, 0.2) is 0 Å². The van der Waals surface area contributed by atoms with Crippen molar-refractivity contribution in [1.82, 2.24) is 8.87 Å². The number of nitrogens with zero attached hydrogens (tertiary/aromatic N) is 3. The molecule has 2 heterocycles. The van der Waals surface area contributed by atoms with Gasteiger partial charge in [0, 0.05) is 25.3 Å². The highest BCUT2D eigenvalue weighted by Gasteiger charge is 2.34. The first-order valence-electron chi connectivity index (χ1n) is 9.73. The van der Waals surface area contributed by atoms with Crippen molar-refractivity contribution in [2.45, 2.75) is 37.6 Å². The highest BCUT2D eigenvalue weighted by Crippen LogP contribution is 2.25. The van der Waals surface area contributed by atoms with Gasteiger partial charge in [0.1, 0.15) is 11.2 Å². The van der Waals surface area contributed by atoms with Gasteiger partial charge in [-0.05, 0) is 63.1 Å². The maximum Gasteiger partial charge on any atom is 0.243 e. The summed E-state index contributed by atoms with van der Waals surface area (Å²) in [5.74, 6) is 0.0578. The van der Waals surface area contributed by atoms with E-state index < -0.39 is 15.9 Å².